The normalized spacial score (nSPS) is 10.2. The van der Waals surface area contributed by atoms with E-state index in [0.717, 1.165) is 5.56 Å². The Kier molecular flexibility index (Phi) is 5.84. The SMILES string of the molecule is COc1ccc(NC(=O)CCc2c(C)[nH]c(=O)c(C#N)c2C)cc1Cl. The lowest BCUT2D eigenvalue weighted by Gasteiger charge is -2.11. The lowest BCUT2D eigenvalue weighted by atomic mass is 9.99. The van der Waals surface area contributed by atoms with Gasteiger partial charge >= 0.3 is 0 Å². The molecule has 0 saturated carbocycles. The Morgan fingerprint density at radius 1 is 1.40 bits per heavy atom. The highest BCUT2D eigenvalue weighted by Crippen LogP contribution is 2.27. The van der Waals surface area contributed by atoms with Crippen molar-refractivity contribution in [2.24, 2.45) is 0 Å². The summed E-state index contributed by atoms with van der Waals surface area (Å²) in [7, 11) is 1.52. The van der Waals surface area contributed by atoms with Crippen molar-refractivity contribution in [2.45, 2.75) is 26.7 Å². The summed E-state index contributed by atoms with van der Waals surface area (Å²) in [5.41, 5.74) is 2.34. The number of hydrogen-bond acceptors (Lipinski definition) is 4. The maximum atomic E-state index is 12.2. The molecule has 7 heteroatoms. The Balaban J connectivity index is 2.09. The van der Waals surface area contributed by atoms with Crippen molar-refractivity contribution in [3.63, 3.8) is 0 Å². The molecule has 0 atom stereocenters. The predicted octanol–water partition coefficient (Wildman–Crippen LogP) is 3.10. The van der Waals surface area contributed by atoms with Crippen molar-refractivity contribution in [3.05, 3.63) is 56.0 Å². The number of carbonyl (C=O) groups excluding carboxylic acids is 1. The molecule has 0 radical (unpaired) electrons. The first kappa shape index (κ1) is 18.6. The summed E-state index contributed by atoms with van der Waals surface area (Å²) in [6, 6.07) is 6.89. The molecule has 0 unspecified atom stereocenters. The van der Waals surface area contributed by atoms with Gasteiger partial charge in [-0.3, -0.25) is 9.59 Å². The first-order valence-corrected chi connectivity index (χ1v) is 8.01. The molecule has 0 aliphatic carbocycles. The summed E-state index contributed by atoms with van der Waals surface area (Å²) in [6.07, 6.45) is 0.626. The number of rotatable bonds is 5. The van der Waals surface area contributed by atoms with Crippen molar-refractivity contribution in [1.82, 2.24) is 4.98 Å². The molecule has 0 bridgehead atoms. The molecule has 0 spiro atoms. The number of nitriles is 1. The van der Waals surface area contributed by atoms with Gasteiger partial charge in [0.15, 0.2) is 0 Å². The standard InChI is InChI=1S/C18H18ClN3O3/c1-10-13(11(2)21-18(24)14(10)9-20)5-7-17(23)22-12-4-6-16(25-3)15(19)8-12/h4,6,8H,5,7H2,1-3H3,(H,21,24)(H,22,23). The Morgan fingerprint density at radius 2 is 2.12 bits per heavy atom. The monoisotopic (exact) mass is 359 g/mol. The maximum Gasteiger partial charge on any atom is 0.266 e. The molecule has 6 nitrogen and oxygen atoms in total. The second kappa shape index (κ2) is 7.86. The van der Waals surface area contributed by atoms with Crippen LogP contribution in [-0.2, 0) is 11.2 Å². The summed E-state index contributed by atoms with van der Waals surface area (Å²) in [6.45, 7) is 3.48. The van der Waals surface area contributed by atoms with Crippen LogP contribution in [0.5, 0.6) is 5.75 Å². The molecule has 130 valence electrons. The number of nitrogens with one attached hydrogen (secondary N) is 2. The van der Waals surface area contributed by atoms with Crippen molar-refractivity contribution in [1.29, 1.82) is 5.26 Å². The van der Waals surface area contributed by atoms with Crippen molar-refractivity contribution < 1.29 is 9.53 Å². The Bertz CT molecular complexity index is 913. The largest absolute Gasteiger partial charge is 0.495 e. The third-order valence-corrected chi connectivity index (χ3v) is 4.25. The molecule has 1 heterocycles. The van der Waals surface area contributed by atoms with Crippen molar-refractivity contribution in [2.75, 3.05) is 12.4 Å². The minimum absolute atomic E-state index is 0.0861. The topological polar surface area (TPSA) is 95.0 Å². The number of aromatic nitrogens is 1. The minimum atomic E-state index is -0.404. The average molecular weight is 360 g/mol. The molecule has 0 fully saturated rings. The maximum absolute atomic E-state index is 12.2. The first-order valence-electron chi connectivity index (χ1n) is 7.63. The lowest BCUT2D eigenvalue weighted by molar-refractivity contribution is -0.116. The predicted molar refractivity (Wildman–Crippen MR) is 96.2 cm³/mol. The fraction of sp³-hybridized carbons (Fsp3) is 0.278. The second-order valence-corrected chi connectivity index (χ2v) is 5.97. The van der Waals surface area contributed by atoms with E-state index in [1.807, 2.05) is 6.07 Å². The van der Waals surface area contributed by atoms with Crippen molar-refractivity contribution in [3.8, 4) is 11.8 Å². The van der Waals surface area contributed by atoms with E-state index >= 15 is 0 Å². The zero-order chi connectivity index (χ0) is 18.6. The highest BCUT2D eigenvalue weighted by atomic mass is 35.5. The Labute approximate surface area is 150 Å². The van der Waals surface area contributed by atoms with E-state index in [1.165, 1.54) is 7.11 Å². The third-order valence-electron chi connectivity index (χ3n) is 3.96. The quantitative estimate of drug-likeness (QED) is 0.857. The van der Waals surface area contributed by atoms with Crippen molar-refractivity contribution >= 4 is 23.2 Å². The van der Waals surface area contributed by atoms with E-state index in [0.29, 0.717) is 34.1 Å². The van der Waals surface area contributed by atoms with Crippen LogP contribution in [0.2, 0.25) is 5.02 Å². The van der Waals surface area contributed by atoms with E-state index in [1.54, 1.807) is 32.0 Å². The molecule has 2 rings (SSSR count). The van der Waals surface area contributed by atoms with E-state index < -0.39 is 5.56 Å². The number of carbonyl (C=O) groups is 1. The smallest absolute Gasteiger partial charge is 0.266 e. The van der Waals surface area contributed by atoms with E-state index in [4.69, 9.17) is 21.6 Å². The number of ether oxygens (including phenoxy) is 1. The fourth-order valence-electron chi connectivity index (χ4n) is 2.63. The van der Waals surface area contributed by atoms with Crippen LogP contribution in [0, 0.1) is 25.2 Å². The van der Waals surface area contributed by atoms with Crippen LogP contribution in [0.15, 0.2) is 23.0 Å². The van der Waals surface area contributed by atoms with Crippen LogP contribution >= 0.6 is 11.6 Å². The highest BCUT2D eigenvalue weighted by molar-refractivity contribution is 6.32. The van der Waals surface area contributed by atoms with Gasteiger partial charge in [-0.15, -0.1) is 0 Å². The van der Waals surface area contributed by atoms with Gasteiger partial charge in [0.05, 0.1) is 12.1 Å². The second-order valence-electron chi connectivity index (χ2n) is 5.57. The Morgan fingerprint density at radius 3 is 2.72 bits per heavy atom. The molecule has 0 aliphatic rings. The van der Waals surface area contributed by atoms with E-state index in [9.17, 15) is 9.59 Å². The number of methoxy groups -OCH3 is 1. The Hall–Kier alpha value is -2.78. The molecule has 0 aliphatic heterocycles. The van der Waals surface area contributed by atoms with Gasteiger partial charge in [-0.05, 0) is 49.6 Å². The zero-order valence-corrected chi connectivity index (χ0v) is 15.0. The van der Waals surface area contributed by atoms with E-state index in [2.05, 4.69) is 10.3 Å². The summed E-state index contributed by atoms with van der Waals surface area (Å²) in [5, 5.41) is 12.3. The van der Waals surface area contributed by atoms with Gasteiger partial charge in [0.1, 0.15) is 17.4 Å². The number of pyridine rings is 1. The van der Waals surface area contributed by atoms with Gasteiger partial charge in [0.25, 0.3) is 5.56 Å². The van der Waals surface area contributed by atoms with Crippen LogP contribution in [0.25, 0.3) is 0 Å². The van der Waals surface area contributed by atoms with Crippen LogP contribution in [0.4, 0.5) is 5.69 Å². The number of anilines is 1. The fourth-order valence-corrected chi connectivity index (χ4v) is 2.88. The molecule has 0 saturated heterocycles. The van der Waals surface area contributed by atoms with Gasteiger partial charge in [-0.25, -0.2) is 0 Å². The molecule has 25 heavy (non-hydrogen) atoms. The van der Waals surface area contributed by atoms with Crippen LogP contribution in [-0.4, -0.2) is 18.0 Å². The van der Waals surface area contributed by atoms with Crippen LogP contribution in [0.3, 0.4) is 0 Å². The number of aromatic amines is 1. The molecule has 1 aromatic heterocycles. The average Bonchev–Trinajstić information content (AvgIpc) is 2.55. The summed E-state index contributed by atoms with van der Waals surface area (Å²) >= 11 is 6.04. The van der Waals surface area contributed by atoms with Crippen LogP contribution in [0.1, 0.15) is 28.8 Å². The summed E-state index contributed by atoms with van der Waals surface area (Å²) in [5.74, 6) is 0.341. The summed E-state index contributed by atoms with van der Waals surface area (Å²) < 4.78 is 5.07. The van der Waals surface area contributed by atoms with Gasteiger partial charge in [-0.1, -0.05) is 11.6 Å². The van der Waals surface area contributed by atoms with Gasteiger partial charge in [0.2, 0.25) is 5.91 Å². The number of nitrogens with zero attached hydrogens (tertiary/aromatic N) is 1. The summed E-state index contributed by atoms with van der Waals surface area (Å²) in [4.78, 5) is 26.6. The number of benzene rings is 1. The number of halogens is 1. The van der Waals surface area contributed by atoms with Gasteiger partial charge < -0.3 is 15.0 Å². The van der Waals surface area contributed by atoms with Gasteiger partial charge in [-0.2, -0.15) is 5.26 Å². The molecule has 1 aromatic carbocycles. The molecular weight excluding hydrogens is 342 g/mol. The molecule has 1 amide bonds. The number of aryl methyl sites for hydroxylation is 1. The number of amides is 1. The van der Waals surface area contributed by atoms with E-state index in [-0.39, 0.29) is 17.9 Å². The third kappa shape index (κ3) is 4.20. The number of hydrogen-bond donors (Lipinski definition) is 2. The highest BCUT2D eigenvalue weighted by Gasteiger charge is 2.13. The molecule has 2 aromatic rings. The molecule has 2 N–H and O–H groups in total. The minimum Gasteiger partial charge on any atom is -0.495 e. The zero-order valence-electron chi connectivity index (χ0n) is 14.2. The first-order chi connectivity index (χ1) is 11.9. The lowest BCUT2D eigenvalue weighted by Crippen LogP contribution is -2.18. The van der Waals surface area contributed by atoms with Crippen LogP contribution < -0.4 is 15.6 Å². The number of H-pyrrole nitrogens is 1. The molecular formula is C18H18ClN3O3. The van der Waals surface area contributed by atoms with Gasteiger partial charge in [0, 0.05) is 17.8 Å².